The molecule has 2 aromatic heterocycles. The second-order valence-electron chi connectivity index (χ2n) is 7.48. The maximum atomic E-state index is 13.1. The third kappa shape index (κ3) is 3.33. The van der Waals surface area contributed by atoms with Gasteiger partial charge in [0.2, 0.25) is 0 Å². The van der Waals surface area contributed by atoms with Gasteiger partial charge in [-0.15, -0.1) is 0 Å². The van der Waals surface area contributed by atoms with Crippen molar-refractivity contribution in [1.29, 1.82) is 0 Å². The van der Waals surface area contributed by atoms with Crippen LogP contribution in [0.3, 0.4) is 0 Å². The second-order valence-corrected chi connectivity index (χ2v) is 8.39. The van der Waals surface area contributed by atoms with Crippen molar-refractivity contribution in [1.82, 2.24) is 24.4 Å². The van der Waals surface area contributed by atoms with E-state index in [1.807, 2.05) is 0 Å². The lowest BCUT2D eigenvalue weighted by atomic mass is 9.88. The molecule has 4 N–H and O–H groups in total. The Balaban J connectivity index is 1.62. The molecule has 4 rings (SSSR count). The Kier molecular flexibility index (Phi) is 5.02. The summed E-state index contributed by atoms with van der Waals surface area (Å²) in [6, 6.07) is 2.74. The number of phenolic OH excluding ortho intramolecular Hbond substituents is 1. The Morgan fingerprint density at radius 2 is 2.13 bits per heavy atom. The zero-order valence-corrected chi connectivity index (χ0v) is 18.0. The van der Waals surface area contributed by atoms with Crippen LogP contribution in [0.4, 0.5) is 5.82 Å². The van der Waals surface area contributed by atoms with Crippen molar-refractivity contribution in [3.63, 3.8) is 0 Å². The van der Waals surface area contributed by atoms with Crippen LogP contribution in [0.15, 0.2) is 29.3 Å². The number of hydrogen-bond acceptors (Lipinski definition) is 8. The number of aromatic nitrogens is 4. The highest BCUT2D eigenvalue weighted by molar-refractivity contribution is 9.10. The molecule has 0 unspecified atom stereocenters. The number of halogens is 1. The van der Waals surface area contributed by atoms with Crippen molar-refractivity contribution in [2.75, 3.05) is 25.9 Å². The van der Waals surface area contributed by atoms with Crippen molar-refractivity contribution in [3.8, 4) is 11.5 Å². The molecule has 1 saturated heterocycles. The van der Waals surface area contributed by atoms with Crippen molar-refractivity contribution >= 4 is 38.8 Å². The maximum Gasteiger partial charge on any atom is 0.257 e. The molecule has 1 aliphatic rings. The summed E-state index contributed by atoms with van der Waals surface area (Å²) >= 11 is 3.32. The first-order chi connectivity index (χ1) is 14.2. The predicted molar refractivity (Wildman–Crippen MR) is 112 cm³/mol. The minimum absolute atomic E-state index is 0.0605. The number of aromatic hydroxyl groups is 1. The van der Waals surface area contributed by atoms with Gasteiger partial charge in [0.05, 0.1) is 31.6 Å². The summed E-state index contributed by atoms with van der Waals surface area (Å²) in [5.41, 5.74) is 5.69. The van der Waals surface area contributed by atoms with Gasteiger partial charge in [0.25, 0.3) is 5.91 Å². The zero-order valence-electron chi connectivity index (χ0n) is 16.4. The molecule has 1 fully saturated rings. The van der Waals surface area contributed by atoms with Gasteiger partial charge in [-0.25, -0.2) is 15.0 Å². The SMILES string of the molecule is COc1cc(Br)cc(C(=O)N2CC[C@H](n3cnc4c(N)ncnc43)[C@@](C)(O)C2)c1O. The Labute approximate surface area is 180 Å². The van der Waals surface area contributed by atoms with E-state index in [1.54, 1.807) is 23.9 Å². The third-order valence-electron chi connectivity index (χ3n) is 5.40. The first kappa shape index (κ1) is 20.4. The number of imidazole rings is 1. The van der Waals surface area contributed by atoms with E-state index in [1.165, 1.54) is 24.4 Å². The van der Waals surface area contributed by atoms with Crippen LogP contribution in [-0.2, 0) is 0 Å². The fraction of sp³-hybridized carbons (Fsp3) is 0.368. The molecule has 158 valence electrons. The highest BCUT2D eigenvalue weighted by Crippen LogP contribution is 2.38. The summed E-state index contributed by atoms with van der Waals surface area (Å²) in [5, 5.41) is 21.6. The summed E-state index contributed by atoms with van der Waals surface area (Å²) in [4.78, 5) is 27.1. The first-order valence-electron chi connectivity index (χ1n) is 9.24. The summed E-state index contributed by atoms with van der Waals surface area (Å²) in [5.74, 6) is -0.172. The number of amides is 1. The number of rotatable bonds is 3. The number of methoxy groups -OCH3 is 1. The predicted octanol–water partition coefficient (Wildman–Crippen LogP) is 1.72. The number of nitrogen functional groups attached to an aromatic ring is 1. The molecule has 10 nitrogen and oxygen atoms in total. The van der Waals surface area contributed by atoms with E-state index in [0.717, 1.165) is 0 Å². The molecule has 1 aromatic carbocycles. The highest BCUT2D eigenvalue weighted by Gasteiger charge is 2.42. The van der Waals surface area contributed by atoms with Crippen LogP contribution in [0.25, 0.3) is 11.2 Å². The van der Waals surface area contributed by atoms with E-state index in [4.69, 9.17) is 10.5 Å². The van der Waals surface area contributed by atoms with Crippen LogP contribution in [0.5, 0.6) is 11.5 Å². The number of anilines is 1. The van der Waals surface area contributed by atoms with Crippen molar-refractivity contribution < 1.29 is 19.7 Å². The monoisotopic (exact) mass is 476 g/mol. The number of aliphatic hydroxyl groups is 1. The number of fused-ring (bicyclic) bond motifs is 1. The average molecular weight is 477 g/mol. The Bertz CT molecular complexity index is 1130. The lowest BCUT2D eigenvalue weighted by molar-refractivity contribution is -0.0480. The van der Waals surface area contributed by atoms with Crippen LogP contribution in [0.2, 0.25) is 0 Å². The minimum atomic E-state index is -1.27. The fourth-order valence-corrected chi connectivity index (χ4v) is 4.37. The van der Waals surface area contributed by atoms with Crippen molar-refractivity contribution in [2.24, 2.45) is 0 Å². The van der Waals surface area contributed by atoms with Gasteiger partial charge >= 0.3 is 0 Å². The lowest BCUT2D eigenvalue weighted by Crippen LogP contribution is -2.54. The molecule has 1 amide bonds. The summed E-state index contributed by atoms with van der Waals surface area (Å²) in [6.07, 6.45) is 3.39. The van der Waals surface area contributed by atoms with E-state index in [0.29, 0.717) is 28.6 Å². The number of likely N-dealkylation sites (tertiary alicyclic amines) is 1. The zero-order chi connectivity index (χ0) is 21.6. The van der Waals surface area contributed by atoms with Crippen LogP contribution in [0.1, 0.15) is 29.7 Å². The molecule has 0 radical (unpaired) electrons. The molecule has 0 saturated carbocycles. The Morgan fingerprint density at radius 1 is 1.37 bits per heavy atom. The fourth-order valence-electron chi connectivity index (χ4n) is 3.93. The molecular formula is C19H21BrN6O4. The molecular weight excluding hydrogens is 456 g/mol. The topological polar surface area (TPSA) is 140 Å². The number of benzene rings is 1. The average Bonchev–Trinajstić information content (AvgIpc) is 3.13. The Hall–Kier alpha value is -2.92. The number of phenols is 1. The molecule has 0 spiro atoms. The smallest absolute Gasteiger partial charge is 0.257 e. The van der Waals surface area contributed by atoms with Gasteiger partial charge in [0, 0.05) is 11.0 Å². The van der Waals surface area contributed by atoms with Gasteiger partial charge in [0.15, 0.2) is 23.0 Å². The van der Waals surface area contributed by atoms with E-state index in [2.05, 4.69) is 30.9 Å². The molecule has 0 bridgehead atoms. The number of piperidine rings is 1. The molecule has 0 aliphatic carbocycles. The van der Waals surface area contributed by atoms with Crippen LogP contribution in [-0.4, -0.2) is 66.3 Å². The largest absolute Gasteiger partial charge is 0.504 e. The lowest BCUT2D eigenvalue weighted by Gasteiger charge is -2.43. The summed E-state index contributed by atoms with van der Waals surface area (Å²) < 4.78 is 7.50. The third-order valence-corrected chi connectivity index (χ3v) is 5.86. The summed E-state index contributed by atoms with van der Waals surface area (Å²) in [6.45, 7) is 2.09. The number of nitrogens with zero attached hydrogens (tertiary/aromatic N) is 5. The standard InChI is InChI=1S/C19H21BrN6O4/c1-19(29)7-25(18(28)11-5-10(20)6-12(30-2)15(11)27)4-3-13(19)26-9-24-14-16(21)22-8-23-17(14)26/h5-6,8-9,13,27,29H,3-4,7H2,1-2H3,(H2,21,22,23)/t13-,19-/m0/s1. The van der Waals surface area contributed by atoms with E-state index in [-0.39, 0.29) is 35.5 Å². The number of ether oxygens (including phenoxy) is 1. The minimum Gasteiger partial charge on any atom is -0.504 e. The van der Waals surface area contributed by atoms with Crippen LogP contribution >= 0.6 is 15.9 Å². The summed E-state index contributed by atoms with van der Waals surface area (Å²) in [7, 11) is 1.41. The maximum absolute atomic E-state index is 13.1. The van der Waals surface area contributed by atoms with Gasteiger partial charge in [-0.2, -0.15) is 0 Å². The first-order valence-corrected chi connectivity index (χ1v) is 10.0. The second kappa shape index (κ2) is 7.40. The van der Waals surface area contributed by atoms with Crippen LogP contribution in [0, 0.1) is 0 Å². The van der Waals surface area contributed by atoms with E-state index < -0.39 is 11.5 Å². The van der Waals surface area contributed by atoms with Crippen LogP contribution < -0.4 is 10.5 Å². The van der Waals surface area contributed by atoms with E-state index in [9.17, 15) is 15.0 Å². The van der Waals surface area contributed by atoms with Gasteiger partial charge in [-0.05, 0) is 25.5 Å². The molecule has 11 heteroatoms. The molecule has 2 atom stereocenters. The molecule has 30 heavy (non-hydrogen) atoms. The molecule has 3 aromatic rings. The van der Waals surface area contributed by atoms with Gasteiger partial charge in [-0.3, -0.25) is 4.79 Å². The van der Waals surface area contributed by atoms with Gasteiger partial charge < -0.3 is 30.2 Å². The quantitative estimate of drug-likeness (QED) is 0.518. The number of hydrogen-bond donors (Lipinski definition) is 3. The number of carbonyl (C=O) groups is 1. The Morgan fingerprint density at radius 3 is 2.83 bits per heavy atom. The van der Waals surface area contributed by atoms with Crippen molar-refractivity contribution in [3.05, 3.63) is 34.8 Å². The molecule has 3 heterocycles. The molecule has 1 aliphatic heterocycles. The number of β-amino-alcohol motifs (C(OH)–C–C–N with tert-alkyl or cyclic N) is 1. The van der Waals surface area contributed by atoms with Crippen molar-refractivity contribution in [2.45, 2.75) is 25.0 Å². The van der Waals surface area contributed by atoms with Gasteiger partial charge in [-0.1, -0.05) is 15.9 Å². The normalized spacial score (nSPS) is 21.7. The van der Waals surface area contributed by atoms with E-state index >= 15 is 0 Å². The highest BCUT2D eigenvalue weighted by atomic mass is 79.9. The number of carbonyl (C=O) groups excluding carboxylic acids is 1. The van der Waals surface area contributed by atoms with Gasteiger partial charge in [0.1, 0.15) is 17.4 Å². The number of nitrogens with two attached hydrogens (primary N) is 1.